The van der Waals surface area contributed by atoms with Crippen molar-refractivity contribution in [1.82, 2.24) is 24.7 Å². The van der Waals surface area contributed by atoms with Gasteiger partial charge in [0.1, 0.15) is 12.2 Å². The molecule has 17 heavy (non-hydrogen) atoms. The van der Waals surface area contributed by atoms with Crippen molar-refractivity contribution in [3.05, 3.63) is 12.2 Å². The fourth-order valence-electron chi connectivity index (χ4n) is 1.20. The maximum Gasteiger partial charge on any atom is 0.197 e. The molecule has 0 saturated heterocycles. The fourth-order valence-corrected chi connectivity index (χ4v) is 2.10. The molecule has 0 saturated carbocycles. The van der Waals surface area contributed by atoms with Gasteiger partial charge < -0.3 is 15.0 Å². The lowest BCUT2D eigenvalue weighted by molar-refractivity contribution is 0.401. The van der Waals surface area contributed by atoms with E-state index in [2.05, 4.69) is 20.2 Å². The number of hydrogen-bond acceptors (Lipinski definition) is 7. The molecule has 2 aromatic heterocycles. The van der Waals surface area contributed by atoms with Crippen molar-refractivity contribution < 1.29 is 4.74 Å². The van der Waals surface area contributed by atoms with Gasteiger partial charge in [-0.1, -0.05) is 0 Å². The molecule has 0 amide bonds. The summed E-state index contributed by atoms with van der Waals surface area (Å²) in [6.45, 7) is 1.88. The predicted octanol–water partition coefficient (Wildman–Crippen LogP) is 0.656. The molecule has 0 unspecified atom stereocenters. The second kappa shape index (κ2) is 4.58. The maximum atomic E-state index is 5.70. The summed E-state index contributed by atoms with van der Waals surface area (Å²) in [6, 6.07) is 0. The Hall–Kier alpha value is -1.83. The summed E-state index contributed by atoms with van der Waals surface area (Å²) in [6.07, 6.45) is 1.39. The Morgan fingerprint density at radius 3 is 2.71 bits per heavy atom. The van der Waals surface area contributed by atoms with E-state index in [1.807, 2.05) is 18.5 Å². The van der Waals surface area contributed by atoms with Gasteiger partial charge in [-0.15, -0.1) is 10.2 Å². The second-order valence-corrected chi connectivity index (χ2v) is 4.24. The highest BCUT2D eigenvalue weighted by Gasteiger charge is 2.14. The summed E-state index contributed by atoms with van der Waals surface area (Å²) in [7, 11) is 3.41. The molecule has 2 rings (SSSR count). The van der Waals surface area contributed by atoms with Crippen molar-refractivity contribution in [2.75, 3.05) is 12.8 Å². The highest BCUT2D eigenvalue weighted by molar-refractivity contribution is 7.99. The van der Waals surface area contributed by atoms with Crippen LogP contribution in [0.4, 0.5) is 5.82 Å². The molecule has 90 valence electrons. The van der Waals surface area contributed by atoms with Crippen molar-refractivity contribution in [2.45, 2.75) is 17.1 Å². The monoisotopic (exact) mass is 252 g/mol. The van der Waals surface area contributed by atoms with E-state index in [4.69, 9.17) is 10.5 Å². The SMILES string of the molecule is COc1c(N)ncnc1Sc1nnc(C)n1C. The van der Waals surface area contributed by atoms with Crippen LogP contribution >= 0.6 is 11.8 Å². The molecule has 2 N–H and O–H groups in total. The van der Waals surface area contributed by atoms with Crippen molar-refractivity contribution in [3.63, 3.8) is 0 Å². The number of nitrogen functional groups attached to an aromatic ring is 1. The van der Waals surface area contributed by atoms with E-state index in [-0.39, 0.29) is 0 Å². The van der Waals surface area contributed by atoms with Crippen molar-refractivity contribution in [2.24, 2.45) is 7.05 Å². The Morgan fingerprint density at radius 1 is 1.35 bits per heavy atom. The zero-order valence-electron chi connectivity index (χ0n) is 9.71. The van der Waals surface area contributed by atoms with Crippen LogP contribution < -0.4 is 10.5 Å². The molecule has 0 aliphatic rings. The lowest BCUT2D eigenvalue weighted by atomic mass is 10.5. The Labute approximate surface area is 102 Å². The Morgan fingerprint density at radius 2 is 2.12 bits per heavy atom. The lowest BCUT2D eigenvalue weighted by Gasteiger charge is -2.07. The Balaban J connectivity index is 2.36. The third-order valence-corrected chi connectivity index (χ3v) is 3.27. The molecule has 7 nitrogen and oxygen atoms in total. The summed E-state index contributed by atoms with van der Waals surface area (Å²) >= 11 is 1.33. The number of aryl methyl sites for hydroxylation is 1. The summed E-state index contributed by atoms with van der Waals surface area (Å²) in [5.74, 6) is 1.59. The number of nitrogens with zero attached hydrogens (tertiary/aromatic N) is 5. The number of anilines is 1. The minimum atomic E-state index is 0.309. The third kappa shape index (κ3) is 2.16. The van der Waals surface area contributed by atoms with Crippen LogP contribution in [0, 0.1) is 6.92 Å². The highest BCUT2D eigenvalue weighted by Crippen LogP contribution is 2.34. The highest BCUT2D eigenvalue weighted by atomic mass is 32.2. The Kier molecular flexibility index (Phi) is 3.14. The van der Waals surface area contributed by atoms with E-state index in [1.165, 1.54) is 25.2 Å². The van der Waals surface area contributed by atoms with Gasteiger partial charge in [0, 0.05) is 7.05 Å². The molecule has 0 bridgehead atoms. The minimum Gasteiger partial charge on any atom is -0.490 e. The van der Waals surface area contributed by atoms with E-state index in [9.17, 15) is 0 Å². The van der Waals surface area contributed by atoms with Crippen LogP contribution in [0.1, 0.15) is 5.82 Å². The zero-order chi connectivity index (χ0) is 12.4. The molecule has 0 atom stereocenters. The van der Waals surface area contributed by atoms with Gasteiger partial charge in [-0.25, -0.2) is 9.97 Å². The van der Waals surface area contributed by atoms with E-state index in [0.29, 0.717) is 16.6 Å². The number of rotatable bonds is 3. The van der Waals surface area contributed by atoms with Gasteiger partial charge in [0.25, 0.3) is 0 Å². The van der Waals surface area contributed by atoms with Crippen molar-refractivity contribution >= 4 is 17.6 Å². The van der Waals surface area contributed by atoms with Crippen molar-refractivity contribution in [1.29, 1.82) is 0 Å². The number of methoxy groups -OCH3 is 1. The first kappa shape index (κ1) is 11.6. The van der Waals surface area contributed by atoms with Crippen LogP contribution in [0.15, 0.2) is 16.5 Å². The zero-order valence-corrected chi connectivity index (χ0v) is 10.5. The van der Waals surface area contributed by atoms with Gasteiger partial charge in [0.15, 0.2) is 21.7 Å². The minimum absolute atomic E-state index is 0.309. The van der Waals surface area contributed by atoms with Crippen molar-refractivity contribution in [3.8, 4) is 5.75 Å². The topological polar surface area (TPSA) is 91.7 Å². The first-order chi connectivity index (χ1) is 8.13. The number of ether oxygens (including phenoxy) is 1. The van der Waals surface area contributed by atoms with E-state index in [1.54, 1.807) is 0 Å². The molecule has 2 heterocycles. The van der Waals surface area contributed by atoms with Crippen LogP contribution in [-0.2, 0) is 7.05 Å². The average molecular weight is 252 g/mol. The van der Waals surface area contributed by atoms with Gasteiger partial charge in [-0.2, -0.15) is 0 Å². The first-order valence-corrected chi connectivity index (χ1v) is 5.63. The molecule has 0 radical (unpaired) electrons. The van der Waals surface area contributed by atoms with Crippen LogP contribution in [0.3, 0.4) is 0 Å². The molecule has 0 aromatic carbocycles. The van der Waals surface area contributed by atoms with Crippen LogP contribution in [0.2, 0.25) is 0 Å². The molecular weight excluding hydrogens is 240 g/mol. The third-order valence-electron chi connectivity index (χ3n) is 2.24. The first-order valence-electron chi connectivity index (χ1n) is 4.81. The fraction of sp³-hybridized carbons (Fsp3) is 0.333. The largest absolute Gasteiger partial charge is 0.490 e. The summed E-state index contributed by atoms with van der Waals surface area (Å²) in [5.41, 5.74) is 5.70. The van der Waals surface area contributed by atoms with Crippen LogP contribution in [0.25, 0.3) is 0 Å². The van der Waals surface area contributed by atoms with E-state index < -0.39 is 0 Å². The molecule has 2 aromatic rings. The number of hydrogen-bond donors (Lipinski definition) is 1. The average Bonchev–Trinajstić information content (AvgIpc) is 2.61. The molecule has 0 aliphatic heterocycles. The predicted molar refractivity (Wildman–Crippen MR) is 62.9 cm³/mol. The lowest BCUT2D eigenvalue weighted by Crippen LogP contribution is -2.00. The molecule has 0 fully saturated rings. The second-order valence-electron chi connectivity index (χ2n) is 3.29. The molecule has 0 spiro atoms. The molecule has 0 aliphatic carbocycles. The van der Waals surface area contributed by atoms with Crippen LogP contribution in [0.5, 0.6) is 5.75 Å². The summed E-state index contributed by atoms with van der Waals surface area (Å²) in [5, 5.41) is 9.34. The normalized spacial score (nSPS) is 10.5. The maximum absolute atomic E-state index is 5.70. The molecule has 8 heteroatoms. The Bertz CT molecular complexity index is 540. The van der Waals surface area contributed by atoms with Gasteiger partial charge >= 0.3 is 0 Å². The van der Waals surface area contributed by atoms with Gasteiger partial charge in [0.2, 0.25) is 0 Å². The standard InChI is InChI=1S/C9H12N6OS/c1-5-13-14-9(15(5)2)17-8-6(16-3)7(10)11-4-12-8/h4H,1-3H3,(H2,10,11,12). The van der Waals surface area contributed by atoms with Gasteiger partial charge in [-0.3, -0.25) is 0 Å². The smallest absolute Gasteiger partial charge is 0.197 e. The van der Waals surface area contributed by atoms with Crippen LogP contribution in [-0.4, -0.2) is 31.8 Å². The van der Waals surface area contributed by atoms with E-state index >= 15 is 0 Å². The summed E-state index contributed by atoms with van der Waals surface area (Å²) in [4.78, 5) is 7.99. The van der Waals surface area contributed by atoms with E-state index in [0.717, 1.165) is 11.0 Å². The quantitative estimate of drug-likeness (QED) is 0.802. The number of aromatic nitrogens is 5. The van der Waals surface area contributed by atoms with Gasteiger partial charge in [-0.05, 0) is 18.7 Å². The van der Waals surface area contributed by atoms with Gasteiger partial charge in [0.05, 0.1) is 7.11 Å². The number of nitrogens with two attached hydrogens (primary N) is 1. The summed E-state index contributed by atoms with van der Waals surface area (Å²) < 4.78 is 7.03. The molecular formula is C9H12N6OS.